The first-order valence-electron chi connectivity index (χ1n) is 6.00. The van der Waals surface area contributed by atoms with Gasteiger partial charge in [0.25, 0.3) is 0 Å². The summed E-state index contributed by atoms with van der Waals surface area (Å²) in [7, 11) is 0. The number of urea groups is 1. The van der Waals surface area contributed by atoms with Gasteiger partial charge in [0, 0.05) is 13.1 Å². The highest BCUT2D eigenvalue weighted by molar-refractivity contribution is 5.86. The highest BCUT2D eigenvalue weighted by Gasteiger charge is 2.30. The van der Waals surface area contributed by atoms with Crippen LogP contribution in [0.1, 0.15) is 39.0 Å². The fourth-order valence-corrected chi connectivity index (χ4v) is 1.94. The average molecular weight is 227 g/mol. The predicted molar refractivity (Wildman–Crippen MR) is 61.8 cm³/mol. The fraction of sp³-hybridized carbons (Fsp3) is 0.818. The lowest BCUT2D eigenvalue weighted by Crippen LogP contribution is -2.53. The SMILES string of the molecule is CCCCNC(=O)N1CCCCC1C(N)=O. The van der Waals surface area contributed by atoms with Gasteiger partial charge in [-0.05, 0) is 25.7 Å². The van der Waals surface area contributed by atoms with Gasteiger partial charge >= 0.3 is 6.03 Å². The average Bonchev–Trinajstić information content (AvgIpc) is 2.29. The van der Waals surface area contributed by atoms with Gasteiger partial charge in [0.05, 0.1) is 0 Å². The first-order chi connectivity index (χ1) is 7.66. The summed E-state index contributed by atoms with van der Waals surface area (Å²) in [6, 6.07) is -0.577. The Morgan fingerprint density at radius 3 is 2.81 bits per heavy atom. The summed E-state index contributed by atoms with van der Waals surface area (Å²) in [4.78, 5) is 24.6. The van der Waals surface area contributed by atoms with E-state index in [-0.39, 0.29) is 6.03 Å². The second-order valence-corrected chi connectivity index (χ2v) is 4.19. The van der Waals surface area contributed by atoms with Crippen LogP contribution in [0.5, 0.6) is 0 Å². The van der Waals surface area contributed by atoms with E-state index in [1.165, 1.54) is 0 Å². The van der Waals surface area contributed by atoms with Crippen LogP contribution in [0.4, 0.5) is 4.79 Å². The van der Waals surface area contributed by atoms with E-state index in [1.807, 2.05) is 0 Å². The molecule has 1 atom stereocenters. The first-order valence-corrected chi connectivity index (χ1v) is 6.00. The number of nitrogens with zero attached hydrogens (tertiary/aromatic N) is 1. The van der Waals surface area contributed by atoms with Crippen molar-refractivity contribution in [2.45, 2.75) is 45.1 Å². The molecule has 1 aliphatic rings. The molecule has 3 amide bonds. The minimum atomic E-state index is -0.421. The van der Waals surface area contributed by atoms with Crippen LogP contribution in [-0.4, -0.2) is 36.0 Å². The number of piperidine rings is 1. The highest BCUT2D eigenvalue weighted by atomic mass is 16.2. The molecule has 0 radical (unpaired) electrons. The molecular weight excluding hydrogens is 206 g/mol. The van der Waals surface area contributed by atoms with Crippen LogP contribution in [0.15, 0.2) is 0 Å². The summed E-state index contributed by atoms with van der Waals surface area (Å²) in [5.41, 5.74) is 5.29. The van der Waals surface area contributed by atoms with E-state index < -0.39 is 11.9 Å². The third kappa shape index (κ3) is 3.40. The van der Waals surface area contributed by atoms with Gasteiger partial charge in [-0.2, -0.15) is 0 Å². The van der Waals surface area contributed by atoms with Crippen LogP contribution in [0.25, 0.3) is 0 Å². The van der Waals surface area contributed by atoms with Crippen molar-refractivity contribution in [3.63, 3.8) is 0 Å². The quantitative estimate of drug-likeness (QED) is 0.698. The van der Waals surface area contributed by atoms with E-state index in [1.54, 1.807) is 4.90 Å². The molecule has 1 rings (SSSR count). The molecule has 0 aromatic rings. The standard InChI is InChI=1S/C11H21N3O2/c1-2-3-7-13-11(16)14-8-5-4-6-9(14)10(12)15/h9H,2-8H2,1H3,(H2,12,15)(H,13,16). The summed E-state index contributed by atoms with van der Waals surface area (Å²) in [5, 5.41) is 2.82. The molecule has 0 aliphatic carbocycles. The number of rotatable bonds is 4. The Morgan fingerprint density at radius 2 is 2.19 bits per heavy atom. The summed E-state index contributed by atoms with van der Waals surface area (Å²) in [6.45, 7) is 3.36. The largest absolute Gasteiger partial charge is 0.368 e. The number of nitrogens with one attached hydrogen (secondary N) is 1. The summed E-state index contributed by atoms with van der Waals surface area (Å²) in [6.07, 6.45) is 4.61. The third-order valence-corrected chi connectivity index (χ3v) is 2.90. The number of carbonyl (C=O) groups is 2. The van der Waals surface area contributed by atoms with Crippen molar-refractivity contribution >= 4 is 11.9 Å². The van der Waals surface area contributed by atoms with Crippen LogP contribution >= 0.6 is 0 Å². The number of primary amides is 1. The van der Waals surface area contributed by atoms with Crippen molar-refractivity contribution < 1.29 is 9.59 Å². The van der Waals surface area contributed by atoms with Gasteiger partial charge in [0.15, 0.2) is 0 Å². The number of unbranched alkanes of at least 4 members (excludes halogenated alkanes) is 1. The van der Waals surface area contributed by atoms with Crippen molar-refractivity contribution in [3.05, 3.63) is 0 Å². The van der Waals surface area contributed by atoms with Crippen molar-refractivity contribution in [2.24, 2.45) is 5.73 Å². The molecule has 0 aromatic heterocycles. The lowest BCUT2D eigenvalue weighted by Gasteiger charge is -2.33. The molecule has 1 unspecified atom stereocenters. The lowest BCUT2D eigenvalue weighted by molar-refractivity contribution is -0.123. The maximum Gasteiger partial charge on any atom is 0.318 e. The Morgan fingerprint density at radius 1 is 1.44 bits per heavy atom. The Hall–Kier alpha value is -1.26. The summed E-state index contributed by atoms with van der Waals surface area (Å²) in [5.74, 6) is -0.398. The Bertz CT molecular complexity index is 256. The number of nitrogens with two attached hydrogens (primary N) is 1. The number of carbonyl (C=O) groups excluding carboxylic acids is 2. The second kappa shape index (κ2) is 6.35. The van der Waals surface area contributed by atoms with Gasteiger partial charge in [-0.3, -0.25) is 4.79 Å². The van der Waals surface area contributed by atoms with Gasteiger partial charge in [-0.25, -0.2) is 4.79 Å². The molecule has 3 N–H and O–H groups in total. The van der Waals surface area contributed by atoms with E-state index in [0.717, 1.165) is 25.7 Å². The van der Waals surface area contributed by atoms with E-state index >= 15 is 0 Å². The van der Waals surface area contributed by atoms with Crippen molar-refractivity contribution in [3.8, 4) is 0 Å². The van der Waals surface area contributed by atoms with E-state index in [4.69, 9.17) is 5.73 Å². The molecule has 1 saturated heterocycles. The molecular formula is C11H21N3O2. The third-order valence-electron chi connectivity index (χ3n) is 2.90. The Labute approximate surface area is 96.4 Å². The highest BCUT2D eigenvalue weighted by Crippen LogP contribution is 2.16. The van der Waals surface area contributed by atoms with Gasteiger partial charge in [0.1, 0.15) is 6.04 Å². The van der Waals surface area contributed by atoms with Crippen molar-refractivity contribution in [2.75, 3.05) is 13.1 Å². The van der Waals surface area contributed by atoms with E-state index in [2.05, 4.69) is 12.2 Å². The molecule has 1 heterocycles. The molecule has 1 fully saturated rings. The topological polar surface area (TPSA) is 75.4 Å². The number of hydrogen-bond acceptors (Lipinski definition) is 2. The van der Waals surface area contributed by atoms with Crippen molar-refractivity contribution in [1.82, 2.24) is 10.2 Å². The van der Waals surface area contributed by atoms with Gasteiger partial charge in [-0.1, -0.05) is 13.3 Å². The second-order valence-electron chi connectivity index (χ2n) is 4.19. The minimum Gasteiger partial charge on any atom is -0.368 e. The molecule has 0 bridgehead atoms. The Balaban J connectivity index is 2.47. The van der Waals surface area contributed by atoms with Crippen LogP contribution in [0.3, 0.4) is 0 Å². The Kier molecular flexibility index (Phi) is 5.08. The lowest BCUT2D eigenvalue weighted by atomic mass is 10.0. The number of likely N-dealkylation sites (tertiary alicyclic amines) is 1. The smallest absolute Gasteiger partial charge is 0.318 e. The summed E-state index contributed by atoms with van der Waals surface area (Å²) >= 11 is 0. The summed E-state index contributed by atoms with van der Waals surface area (Å²) < 4.78 is 0. The molecule has 0 saturated carbocycles. The maximum atomic E-state index is 11.8. The first kappa shape index (κ1) is 12.8. The van der Waals surface area contributed by atoms with Crippen LogP contribution in [0, 0.1) is 0 Å². The van der Waals surface area contributed by atoms with Gasteiger partial charge in [0.2, 0.25) is 5.91 Å². The number of amides is 3. The zero-order chi connectivity index (χ0) is 12.0. The maximum absolute atomic E-state index is 11.8. The molecule has 1 aliphatic heterocycles. The van der Waals surface area contributed by atoms with Crippen LogP contribution in [0.2, 0.25) is 0 Å². The van der Waals surface area contributed by atoms with Crippen LogP contribution in [-0.2, 0) is 4.79 Å². The molecule has 5 heteroatoms. The number of hydrogen-bond donors (Lipinski definition) is 2. The molecule has 92 valence electrons. The van der Waals surface area contributed by atoms with Crippen molar-refractivity contribution in [1.29, 1.82) is 0 Å². The molecule has 16 heavy (non-hydrogen) atoms. The predicted octanol–water partition coefficient (Wildman–Crippen LogP) is 0.836. The normalized spacial score (nSPS) is 20.6. The fourth-order valence-electron chi connectivity index (χ4n) is 1.94. The molecule has 0 spiro atoms. The minimum absolute atomic E-state index is 0.156. The van der Waals surface area contributed by atoms with E-state index in [0.29, 0.717) is 19.5 Å². The zero-order valence-electron chi connectivity index (χ0n) is 9.87. The zero-order valence-corrected chi connectivity index (χ0v) is 9.87. The molecule has 0 aromatic carbocycles. The molecule has 5 nitrogen and oxygen atoms in total. The van der Waals surface area contributed by atoms with Crippen LogP contribution < -0.4 is 11.1 Å². The van der Waals surface area contributed by atoms with Gasteiger partial charge in [-0.15, -0.1) is 0 Å². The monoisotopic (exact) mass is 227 g/mol. The van der Waals surface area contributed by atoms with Gasteiger partial charge < -0.3 is 16.0 Å². The van der Waals surface area contributed by atoms with E-state index in [9.17, 15) is 9.59 Å².